The number of carbonyl (C=O) groups is 1. The molecule has 1 fully saturated rings. The number of nitrogens with zero attached hydrogens (tertiary/aromatic N) is 1. The van der Waals surface area contributed by atoms with Crippen molar-refractivity contribution in [2.75, 3.05) is 30.7 Å². The molecular weight excluding hydrogens is 286 g/mol. The molecule has 1 aliphatic rings. The van der Waals surface area contributed by atoms with Crippen LogP contribution in [0, 0.1) is 5.92 Å². The molecule has 0 saturated heterocycles. The molecule has 7 heteroatoms. The molecule has 1 saturated carbocycles. The first-order valence-electron chi connectivity index (χ1n) is 7.58. The third kappa shape index (κ3) is 5.51. The minimum atomic E-state index is -0.131. The van der Waals surface area contributed by atoms with Gasteiger partial charge >= 0.3 is 0 Å². The van der Waals surface area contributed by atoms with E-state index in [4.69, 9.17) is 5.73 Å². The topological polar surface area (TPSA) is 92.1 Å². The number of nitrogens with one attached hydrogen (secondary N) is 3. The largest absolute Gasteiger partial charge is 0.382 e. The number of nitrogens with two attached hydrogens (primary N) is 1. The van der Waals surface area contributed by atoms with Crippen molar-refractivity contribution in [1.82, 2.24) is 15.6 Å². The van der Waals surface area contributed by atoms with Crippen LogP contribution in [-0.4, -0.2) is 36.6 Å². The van der Waals surface area contributed by atoms with E-state index in [1.807, 2.05) is 0 Å². The standard InChI is InChI=1S/C14H25N5OS/c1-9(2)8-18-14-19-12(15)11(21-14)13(20)17-7-3-6-16-10-4-5-10/h9-10,16H,3-8,15H2,1-2H3,(H,17,20)(H,18,19). The minimum Gasteiger partial charge on any atom is -0.382 e. The van der Waals surface area contributed by atoms with Crippen molar-refractivity contribution in [3.05, 3.63) is 4.88 Å². The second-order valence-corrected chi connectivity index (χ2v) is 6.85. The van der Waals surface area contributed by atoms with E-state index in [1.54, 1.807) is 0 Å². The number of carbonyl (C=O) groups excluding carboxylic acids is 1. The zero-order valence-electron chi connectivity index (χ0n) is 12.7. The fourth-order valence-electron chi connectivity index (χ4n) is 1.83. The monoisotopic (exact) mass is 311 g/mol. The van der Waals surface area contributed by atoms with Crippen molar-refractivity contribution in [2.45, 2.75) is 39.2 Å². The smallest absolute Gasteiger partial charge is 0.265 e. The van der Waals surface area contributed by atoms with Gasteiger partial charge in [0.1, 0.15) is 10.7 Å². The van der Waals surface area contributed by atoms with Crippen LogP contribution in [0.3, 0.4) is 0 Å². The molecule has 1 aromatic rings. The number of anilines is 2. The van der Waals surface area contributed by atoms with Gasteiger partial charge in [0.15, 0.2) is 5.13 Å². The zero-order valence-corrected chi connectivity index (χ0v) is 13.6. The van der Waals surface area contributed by atoms with Gasteiger partial charge in [-0.25, -0.2) is 4.98 Å². The lowest BCUT2D eigenvalue weighted by molar-refractivity contribution is 0.0958. The summed E-state index contributed by atoms with van der Waals surface area (Å²) in [6.45, 7) is 6.66. The van der Waals surface area contributed by atoms with E-state index in [-0.39, 0.29) is 5.91 Å². The fourth-order valence-corrected chi connectivity index (χ4v) is 2.63. The molecule has 118 valence electrons. The molecule has 1 aromatic heterocycles. The van der Waals surface area contributed by atoms with E-state index in [2.05, 4.69) is 34.8 Å². The van der Waals surface area contributed by atoms with E-state index in [0.717, 1.165) is 19.5 Å². The molecule has 1 heterocycles. The van der Waals surface area contributed by atoms with Crippen LogP contribution in [-0.2, 0) is 0 Å². The van der Waals surface area contributed by atoms with Crippen molar-refractivity contribution >= 4 is 28.2 Å². The molecule has 5 N–H and O–H groups in total. The van der Waals surface area contributed by atoms with Crippen LogP contribution in [0.15, 0.2) is 0 Å². The van der Waals surface area contributed by atoms with Crippen molar-refractivity contribution in [2.24, 2.45) is 5.92 Å². The maximum absolute atomic E-state index is 12.1. The van der Waals surface area contributed by atoms with E-state index < -0.39 is 0 Å². The Morgan fingerprint density at radius 1 is 1.43 bits per heavy atom. The number of aromatic nitrogens is 1. The fraction of sp³-hybridized carbons (Fsp3) is 0.714. The summed E-state index contributed by atoms with van der Waals surface area (Å²) in [5, 5.41) is 10.2. The normalized spacial score (nSPS) is 14.4. The minimum absolute atomic E-state index is 0.131. The van der Waals surface area contributed by atoms with E-state index in [0.29, 0.717) is 34.3 Å². The van der Waals surface area contributed by atoms with Crippen molar-refractivity contribution < 1.29 is 4.79 Å². The molecule has 0 unspecified atom stereocenters. The molecule has 0 atom stereocenters. The first-order chi connectivity index (χ1) is 10.1. The summed E-state index contributed by atoms with van der Waals surface area (Å²) in [4.78, 5) is 16.7. The zero-order chi connectivity index (χ0) is 15.2. The Kier molecular flexibility index (Phi) is 5.81. The summed E-state index contributed by atoms with van der Waals surface area (Å²) in [6, 6.07) is 0.715. The highest BCUT2D eigenvalue weighted by Crippen LogP contribution is 2.24. The van der Waals surface area contributed by atoms with Crippen LogP contribution in [0.5, 0.6) is 0 Å². The summed E-state index contributed by atoms with van der Waals surface area (Å²) in [6.07, 6.45) is 3.51. The third-order valence-electron chi connectivity index (χ3n) is 3.17. The lowest BCUT2D eigenvalue weighted by atomic mass is 10.2. The summed E-state index contributed by atoms with van der Waals surface area (Å²) in [5.74, 6) is 0.695. The second kappa shape index (κ2) is 7.61. The van der Waals surface area contributed by atoms with Gasteiger partial charge in [0.2, 0.25) is 0 Å². The SMILES string of the molecule is CC(C)CNc1nc(N)c(C(=O)NCCCNC2CC2)s1. The summed E-state index contributed by atoms with van der Waals surface area (Å²) < 4.78 is 0. The molecule has 0 aromatic carbocycles. The lowest BCUT2D eigenvalue weighted by Gasteiger charge is -2.05. The molecule has 1 amide bonds. The van der Waals surface area contributed by atoms with Gasteiger partial charge in [-0.05, 0) is 31.7 Å². The highest BCUT2D eigenvalue weighted by molar-refractivity contribution is 7.18. The highest BCUT2D eigenvalue weighted by Gasteiger charge is 2.19. The van der Waals surface area contributed by atoms with Crippen molar-refractivity contribution in [3.8, 4) is 0 Å². The number of amides is 1. The van der Waals surface area contributed by atoms with Crippen LogP contribution in [0.1, 0.15) is 42.8 Å². The number of thiazole rings is 1. The molecule has 0 bridgehead atoms. The Hall–Kier alpha value is -1.34. The quantitative estimate of drug-likeness (QED) is 0.521. The molecule has 0 radical (unpaired) electrons. The van der Waals surface area contributed by atoms with Gasteiger partial charge < -0.3 is 21.7 Å². The van der Waals surface area contributed by atoms with E-state index in [1.165, 1.54) is 24.2 Å². The predicted octanol–water partition coefficient (Wildman–Crippen LogP) is 1.67. The Morgan fingerprint density at radius 3 is 2.86 bits per heavy atom. The average Bonchev–Trinajstić information content (AvgIpc) is 3.17. The Labute approximate surface area is 129 Å². The summed E-state index contributed by atoms with van der Waals surface area (Å²) >= 11 is 1.31. The highest BCUT2D eigenvalue weighted by atomic mass is 32.1. The van der Waals surface area contributed by atoms with Crippen LogP contribution in [0.2, 0.25) is 0 Å². The van der Waals surface area contributed by atoms with Crippen molar-refractivity contribution in [3.63, 3.8) is 0 Å². The Morgan fingerprint density at radius 2 is 2.19 bits per heavy atom. The van der Waals surface area contributed by atoms with Gasteiger partial charge in [0.05, 0.1) is 0 Å². The number of nitrogen functional groups attached to an aromatic ring is 1. The van der Waals surface area contributed by atoms with Gasteiger partial charge in [-0.2, -0.15) is 0 Å². The van der Waals surface area contributed by atoms with E-state index >= 15 is 0 Å². The van der Waals surface area contributed by atoms with Gasteiger partial charge in [0, 0.05) is 19.1 Å². The van der Waals surface area contributed by atoms with Crippen molar-refractivity contribution in [1.29, 1.82) is 0 Å². The van der Waals surface area contributed by atoms with Gasteiger partial charge in [-0.1, -0.05) is 25.2 Å². The average molecular weight is 311 g/mol. The Balaban J connectivity index is 1.72. The maximum atomic E-state index is 12.1. The van der Waals surface area contributed by atoms with Crippen LogP contribution in [0.25, 0.3) is 0 Å². The lowest BCUT2D eigenvalue weighted by Crippen LogP contribution is -2.27. The second-order valence-electron chi connectivity index (χ2n) is 5.85. The first-order valence-corrected chi connectivity index (χ1v) is 8.39. The molecule has 2 rings (SSSR count). The predicted molar refractivity (Wildman–Crippen MR) is 87.8 cm³/mol. The third-order valence-corrected chi connectivity index (χ3v) is 4.20. The number of hydrogen-bond donors (Lipinski definition) is 4. The van der Waals surface area contributed by atoms with Gasteiger partial charge in [-0.15, -0.1) is 0 Å². The number of hydrogen-bond acceptors (Lipinski definition) is 6. The van der Waals surface area contributed by atoms with Crippen LogP contribution in [0.4, 0.5) is 10.9 Å². The van der Waals surface area contributed by atoms with Crippen LogP contribution < -0.4 is 21.7 Å². The molecule has 21 heavy (non-hydrogen) atoms. The molecule has 6 nitrogen and oxygen atoms in total. The molecular formula is C14H25N5OS. The Bertz CT molecular complexity index is 470. The van der Waals surface area contributed by atoms with Gasteiger partial charge in [0.25, 0.3) is 5.91 Å². The van der Waals surface area contributed by atoms with E-state index in [9.17, 15) is 4.79 Å². The summed E-state index contributed by atoms with van der Waals surface area (Å²) in [5.41, 5.74) is 5.81. The number of rotatable bonds is 9. The molecule has 1 aliphatic carbocycles. The summed E-state index contributed by atoms with van der Waals surface area (Å²) in [7, 11) is 0. The molecule has 0 spiro atoms. The van der Waals surface area contributed by atoms with Gasteiger partial charge in [-0.3, -0.25) is 4.79 Å². The first kappa shape index (κ1) is 16.0. The molecule has 0 aliphatic heterocycles. The van der Waals surface area contributed by atoms with Crippen LogP contribution >= 0.6 is 11.3 Å². The maximum Gasteiger partial charge on any atom is 0.265 e.